The Morgan fingerprint density at radius 3 is 2.53 bits per heavy atom. The molecule has 0 aliphatic rings. The molecule has 1 amide bonds. The monoisotopic (exact) mass is 230 g/mol. The molecule has 0 bridgehead atoms. The van der Waals surface area contributed by atoms with Crippen molar-refractivity contribution in [3.05, 3.63) is 42.0 Å². The quantitative estimate of drug-likeness (QED) is 0.484. The number of benzene rings is 1. The molecular formula is C14H18N2O. The van der Waals surface area contributed by atoms with Crippen molar-refractivity contribution in [3.8, 4) is 0 Å². The van der Waals surface area contributed by atoms with Gasteiger partial charge >= 0.3 is 0 Å². The fourth-order valence-corrected chi connectivity index (χ4v) is 1.56. The third-order valence-corrected chi connectivity index (χ3v) is 2.13. The summed E-state index contributed by atoms with van der Waals surface area (Å²) in [5.74, 6) is 0.496. The van der Waals surface area contributed by atoms with Crippen molar-refractivity contribution in [1.29, 1.82) is 0 Å². The zero-order chi connectivity index (χ0) is 12.8. The summed E-state index contributed by atoms with van der Waals surface area (Å²) in [5.41, 5.74) is 3.08. The minimum atomic E-state index is -0.108. The Morgan fingerprint density at radius 2 is 1.94 bits per heavy atom. The summed E-state index contributed by atoms with van der Waals surface area (Å²) >= 11 is 0. The topological polar surface area (TPSA) is 41.5 Å². The molecule has 0 spiro atoms. The van der Waals surface area contributed by atoms with Crippen LogP contribution in [-0.2, 0) is 11.2 Å². The number of hydrogen-bond acceptors (Lipinski definition) is 2. The number of nitrogens with zero attached hydrogens (tertiary/aromatic N) is 1. The molecule has 0 aromatic heterocycles. The molecule has 0 aliphatic heterocycles. The normalized spacial score (nSPS) is 11.1. The molecule has 3 nitrogen and oxygen atoms in total. The number of aliphatic imine (C=N–C) groups is 1. The number of amides is 1. The van der Waals surface area contributed by atoms with Gasteiger partial charge in [0, 0.05) is 6.92 Å². The van der Waals surface area contributed by atoms with E-state index in [1.807, 2.05) is 31.2 Å². The second-order valence-electron chi connectivity index (χ2n) is 4.14. The summed E-state index contributed by atoms with van der Waals surface area (Å²) in [6.45, 7) is 9.14. The lowest BCUT2D eigenvalue weighted by Crippen LogP contribution is -2.25. The zero-order valence-corrected chi connectivity index (χ0v) is 10.6. The highest BCUT2D eigenvalue weighted by Crippen LogP contribution is 2.21. The van der Waals surface area contributed by atoms with Gasteiger partial charge in [-0.1, -0.05) is 30.4 Å². The molecule has 0 aliphatic carbocycles. The number of allylic oxidation sites excluding steroid dienone is 1. The van der Waals surface area contributed by atoms with Crippen LogP contribution in [0.4, 0.5) is 5.69 Å². The number of hydrogen-bond donors (Lipinski definition) is 1. The highest BCUT2D eigenvalue weighted by Gasteiger charge is 2.02. The van der Waals surface area contributed by atoms with Crippen LogP contribution in [-0.4, -0.2) is 11.7 Å². The lowest BCUT2D eigenvalue weighted by atomic mass is 10.1. The van der Waals surface area contributed by atoms with Crippen LogP contribution < -0.4 is 5.32 Å². The van der Waals surface area contributed by atoms with Gasteiger partial charge in [0.15, 0.2) is 0 Å². The minimum absolute atomic E-state index is 0.108. The highest BCUT2D eigenvalue weighted by molar-refractivity contribution is 5.97. The van der Waals surface area contributed by atoms with Crippen molar-refractivity contribution >= 4 is 17.4 Å². The summed E-state index contributed by atoms with van der Waals surface area (Å²) in [6, 6.07) is 7.87. The van der Waals surface area contributed by atoms with Crippen LogP contribution in [0, 0.1) is 0 Å². The molecular weight excluding hydrogens is 212 g/mol. The molecule has 0 saturated carbocycles. The molecule has 0 heterocycles. The van der Waals surface area contributed by atoms with Gasteiger partial charge < -0.3 is 5.32 Å². The largest absolute Gasteiger partial charge is 0.315 e. The number of carbonyl (C=O) groups excluding carboxylic acids is 1. The maximum absolute atomic E-state index is 10.9. The van der Waals surface area contributed by atoms with Crippen molar-refractivity contribution < 1.29 is 4.79 Å². The predicted octanol–water partition coefficient (Wildman–Crippen LogP) is 2.99. The van der Waals surface area contributed by atoms with Gasteiger partial charge in [-0.3, -0.25) is 4.79 Å². The number of rotatable bonds is 3. The van der Waals surface area contributed by atoms with Gasteiger partial charge in [-0.15, -0.1) is 0 Å². The van der Waals surface area contributed by atoms with Crippen LogP contribution >= 0.6 is 0 Å². The van der Waals surface area contributed by atoms with Gasteiger partial charge in [0.1, 0.15) is 5.84 Å². The third-order valence-electron chi connectivity index (χ3n) is 2.13. The average molecular weight is 230 g/mol. The maximum Gasteiger partial charge on any atom is 0.222 e. The summed E-state index contributed by atoms with van der Waals surface area (Å²) in [4.78, 5) is 15.3. The fraction of sp³-hybridized carbons (Fsp3) is 0.286. The third kappa shape index (κ3) is 4.64. The minimum Gasteiger partial charge on any atom is -0.315 e. The van der Waals surface area contributed by atoms with Crippen LogP contribution in [0.25, 0.3) is 0 Å². The van der Waals surface area contributed by atoms with E-state index < -0.39 is 0 Å². The van der Waals surface area contributed by atoms with Crippen LogP contribution in [0.2, 0.25) is 0 Å². The summed E-state index contributed by atoms with van der Waals surface area (Å²) in [7, 11) is 0. The van der Waals surface area contributed by atoms with Gasteiger partial charge in [0.05, 0.1) is 5.69 Å². The molecule has 3 heteroatoms. The SMILES string of the molecule is C=C(C)Cc1ccccc1N=C(C)NC(C)=O. The average Bonchev–Trinajstić information content (AvgIpc) is 2.18. The maximum atomic E-state index is 10.9. The van der Waals surface area contributed by atoms with Crippen molar-refractivity contribution in [1.82, 2.24) is 5.32 Å². The molecule has 1 N–H and O–H groups in total. The van der Waals surface area contributed by atoms with Crippen molar-refractivity contribution in [2.75, 3.05) is 0 Å². The van der Waals surface area contributed by atoms with E-state index in [0.29, 0.717) is 5.84 Å². The second-order valence-corrected chi connectivity index (χ2v) is 4.14. The fourth-order valence-electron chi connectivity index (χ4n) is 1.56. The van der Waals surface area contributed by atoms with E-state index in [2.05, 4.69) is 16.9 Å². The number of carbonyl (C=O) groups is 1. The first-order chi connectivity index (χ1) is 7.99. The molecule has 1 rings (SSSR count). The first kappa shape index (κ1) is 13.2. The van der Waals surface area contributed by atoms with Gasteiger partial charge in [-0.05, 0) is 31.9 Å². The Balaban J connectivity index is 2.97. The molecule has 0 saturated heterocycles. The van der Waals surface area contributed by atoms with Crippen molar-refractivity contribution in [2.24, 2.45) is 4.99 Å². The Hall–Kier alpha value is -1.90. The standard InChI is InChI=1S/C14H18N2O/c1-10(2)9-13-7-5-6-8-14(13)16-11(3)15-12(4)17/h5-8H,1,9H2,2-4H3,(H,15,16,17). The Morgan fingerprint density at radius 1 is 1.29 bits per heavy atom. The van der Waals surface area contributed by atoms with Crippen LogP contribution in [0.15, 0.2) is 41.4 Å². The van der Waals surface area contributed by atoms with Crippen LogP contribution in [0.5, 0.6) is 0 Å². The number of amidine groups is 1. The molecule has 0 atom stereocenters. The second kappa shape index (κ2) is 5.99. The Bertz CT molecular complexity index is 461. The first-order valence-corrected chi connectivity index (χ1v) is 5.54. The van der Waals surface area contributed by atoms with Crippen molar-refractivity contribution in [3.63, 3.8) is 0 Å². The lowest BCUT2D eigenvalue weighted by molar-refractivity contribution is -0.117. The number of nitrogens with one attached hydrogen (secondary N) is 1. The van der Waals surface area contributed by atoms with Gasteiger partial charge in [-0.25, -0.2) is 4.99 Å². The molecule has 1 aromatic rings. The van der Waals surface area contributed by atoms with Gasteiger partial charge in [0.2, 0.25) is 5.91 Å². The summed E-state index contributed by atoms with van der Waals surface area (Å²) in [6.07, 6.45) is 0.799. The van der Waals surface area contributed by atoms with E-state index >= 15 is 0 Å². The molecule has 0 radical (unpaired) electrons. The molecule has 1 aromatic carbocycles. The van der Waals surface area contributed by atoms with Crippen molar-refractivity contribution in [2.45, 2.75) is 27.2 Å². The first-order valence-electron chi connectivity index (χ1n) is 5.54. The lowest BCUT2D eigenvalue weighted by Gasteiger charge is -2.07. The van der Waals surface area contributed by atoms with E-state index in [4.69, 9.17) is 0 Å². The van der Waals surface area contributed by atoms with E-state index in [1.165, 1.54) is 6.92 Å². The number of para-hydroxylation sites is 1. The van der Waals surface area contributed by atoms with Crippen LogP contribution in [0.3, 0.4) is 0 Å². The molecule has 90 valence electrons. The predicted molar refractivity (Wildman–Crippen MR) is 71.5 cm³/mol. The Kier molecular flexibility index (Phi) is 4.64. The highest BCUT2D eigenvalue weighted by atomic mass is 16.1. The van der Waals surface area contributed by atoms with E-state index in [1.54, 1.807) is 6.92 Å². The Labute approximate surface area is 102 Å². The summed E-state index contributed by atoms with van der Waals surface area (Å²) in [5, 5.41) is 2.66. The summed E-state index contributed by atoms with van der Waals surface area (Å²) < 4.78 is 0. The smallest absolute Gasteiger partial charge is 0.222 e. The van der Waals surface area contributed by atoms with E-state index in [-0.39, 0.29) is 5.91 Å². The van der Waals surface area contributed by atoms with E-state index in [0.717, 1.165) is 23.2 Å². The van der Waals surface area contributed by atoms with Gasteiger partial charge in [0.25, 0.3) is 0 Å². The van der Waals surface area contributed by atoms with E-state index in [9.17, 15) is 4.79 Å². The molecule has 17 heavy (non-hydrogen) atoms. The van der Waals surface area contributed by atoms with Gasteiger partial charge in [-0.2, -0.15) is 0 Å². The molecule has 0 fully saturated rings. The van der Waals surface area contributed by atoms with Crippen LogP contribution in [0.1, 0.15) is 26.3 Å². The zero-order valence-electron chi connectivity index (χ0n) is 10.6. The molecule has 0 unspecified atom stereocenters.